The normalized spacial score (nSPS) is 19.3. The lowest BCUT2D eigenvalue weighted by Gasteiger charge is -2.44. The number of nitrogens with one attached hydrogen (secondary N) is 1. The Bertz CT molecular complexity index is 1140. The Hall–Kier alpha value is -3.36. The van der Waals surface area contributed by atoms with Gasteiger partial charge in [0.25, 0.3) is 5.91 Å². The molecule has 2 heterocycles. The fourth-order valence-electron chi connectivity index (χ4n) is 5.74. The number of hydrogen-bond acceptors (Lipinski definition) is 7. The summed E-state index contributed by atoms with van der Waals surface area (Å²) in [4.78, 5) is 41.3. The number of benzene rings is 1. The summed E-state index contributed by atoms with van der Waals surface area (Å²) in [6, 6.07) is 5.70. The summed E-state index contributed by atoms with van der Waals surface area (Å²) in [6.07, 6.45) is 9.40. The minimum atomic E-state index is -0.316. The fourth-order valence-corrected chi connectivity index (χ4v) is 5.74. The van der Waals surface area contributed by atoms with Gasteiger partial charge in [-0.05, 0) is 43.9 Å². The molecule has 0 atom stereocenters. The standard InChI is InChI=1S/C26H34N6O3/c1-27-23(33)17-10-11-19(21(14-17)35-4)31(3)25-28-15-20-22(29-25)32(18-8-5-6-9-18)16-26(12-7-13-26)24(34)30(20)2/h10-11,14-15,18H,5-9,12-13,16H2,1-4H3,(H,27,33). The molecule has 3 aliphatic rings. The van der Waals surface area contributed by atoms with E-state index in [4.69, 9.17) is 9.72 Å². The number of fused-ring (bicyclic) bond motifs is 1. The Kier molecular flexibility index (Phi) is 6.02. The molecule has 2 saturated carbocycles. The smallest absolute Gasteiger partial charge is 0.251 e. The van der Waals surface area contributed by atoms with Gasteiger partial charge in [0.05, 0.1) is 24.4 Å². The molecule has 2 amide bonds. The number of nitrogens with zero attached hydrogens (tertiary/aromatic N) is 5. The second-order valence-corrected chi connectivity index (χ2v) is 9.97. The molecule has 9 heteroatoms. The highest BCUT2D eigenvalue weighted by molar-refractivity contribution is 6.02. The molecule has 0 radical (unpaired) electrons. The number of ether oxygens (including phenoxy) is 1. The van der Waals surface area contributed by atoms with Gasteiger partial charge in [-0.3, -0.25) is 9.59 Å². The van der Waals surface area contributed by atoms with Crippen LogP contribution in [0, 0.1) is 5.41 Å². The van der Waals surface area contributed by atoms with Gasteiger partial charge in [-0.1, -0.05) is 19.3 Å². The zero-order valence-electron chi connectivity index (χ0n) is 21.0. The third-order valence-corrected chi connectivity index (χ3v) is 8.01. The second-order valence-electron chi connectivity index (χ2n) is 9.97. The van der Waals surface area contributed by atoms with Crippen molar-refractivity contribution in [3.05, 3.63) is 30.0 Å². The Labute approximate surface area is 206 Å². The first-order chi connectivity index (χ1) is 16.9. The number of carbonyl (C=O) groups is 2. The Morgan fingerprint density at radius 2 is 1.97 bits per heavy atom. The van der Waals surface area contributed by atoms with Crippen molar-refractivity contribution in [2.75, 3.05) is 49.5 Å². The van der Waals surface area contributed by atoms with E-state index in [1.54, 1.807) is 37.4 Å². The van der Waals surface area contributed by atoms with Crippen LogP contribution < -0.4 is 24.8 Å². The highest BCUT2D eigenvalue weighted by Crippen LogP contribution is 2.49. The van der Waals surface area contributed by atoms with E-state index >= 15 is 0 Å². The van der Waals surface area contributed by atoms with Gasteiger partial charge in [-0.25, -0.2) is 4.98 Å². The van der Waals surface area contributed by atoms with Crippen molar-refractivity contribution in [3.8, 4) is 5.75 Å². The van der Waals surface area contributed by atoms with Crippen molar-refractivity contribution in [2.24, 2.45) is 5.41 Å². The highest BCUT2D eigenvalue weighted by Gasteiger charge is 2.51. The van der Waals surface area contributed by atoms with Gasteiger partial charge < -0.3 is 24.8 Å². The molecule has 1 aromatic heterocycles. The monoisotopic (exact) mass is 478 g/mol. The van der Waals surface area contributed by atoms with E-state index in [0.717, 1.165) is 55.8 Å². The number of anilines is 4. The molecule has 0 saturated heterocycles. The number of methoxy groups -OCH3 is 1. The van der Waals surface area contributed by atoms with Crippen LogP contribution >= 0.6 is 0 Å². The zero-order chi connectivity index (χ0) is 24.7. The lowest BCUT2D eigenvalue weighted by Crippen LogP contribution is -2.52. The van der Waals surface area contributed by atoms with Crippen LogP contribution in [0.3, 0.4) is 0 Å². The van der Waals surface area contributed by atoms with Crippen LogP contribution in [0.25, 0.3) is 0 Å². The lowest BCUT2D eigenvalue weighted by atomic mass is 9.67. The molecule has 35 heavy (non-hydrogen) atoms. The first kappa shape index (κ1) is 23.4. The molecule has 1 aromatic carbocycles. The van der Waals surface area contributed by atoms with Crippen molar-refractivity contribution in [1.29, 1.82) is 0 Å². The van der Waals surface area contributed by atoms with Gasteiger partial charge in [-0.15, -0.1) is 0 Å². The molecule has 1 spiro atoms. The van der Waals surface area contributed by atoms with Crippen LogP contribution in [-0.2, 0) is 4.79 Å². The maximum absolute atomic E-state index is 13.5. The predicted molar refractivity (Wildman–Crippen MR) is 136 cm³/mol. The van der Waals surface area contributed by atoms with E-state index in [-0.39, 0.29) is 17.2 Å². The summed E-state index contributed by atoms with van der Waals surface area (Å²) in [5.74, 6) is 1.91. The van der Waals surface area contributed by atoms with Gasteiger partial charge in [-0.2, -0.15) is 4.98 Å². The number of hydrogen-bond donors (Lipinski definition) is 1. The van der Waals surface area contributed by atoms with Crippen molar-refractivity contribution < 1.29 is 14.3 Å². The molecular weight excluding hydrogens is 444 g/mol. The average Bonchev–Trinajstić information content (AvgIpc) is 3.37. The predicted octanol–water partition coefficient (Wildman–Crippen LogP) is 3.51. The molecule has 2 aromatic rings. The first-order valence-electron chi connectivity index (χ1n) is 12.4. The summed E-state index contributed by atoms with van der Waals surface area (Å²) in [5, 5.41) is 2.64. The van der Waals surface area contributed by atoms with Crippen LogP contribution in [0.1, 0.15) is 55.3 Å². The van der Waals surface area contributed by atoms with Crippen molar-refractivity contribution in [2.45, 2.75) is 51.0 Å². The second kappa shape index (κ2) is 9.02. The largest absolute Gasteiger partial charge is 0.495 e. The molecule has 2 aliphatic carbocycles. The van der Waals surface area contributed by atoms with E-state index < -0.39 is 0 Å². The lowest BCUT2D eigenvalue weighted by molar-refractivity contribution is -0.131. The van der Waals surface area contributed by atoms with Crippen LogP contribution in [0.5, 0.6) is 5.75 Å². The van der Waals surface area contributed by atoms with Crippen molar-refractivity contribution in [1.82, 2.24) is 15.3 Å². The summed E-state index contributed by atoms with van der Waals surface area (Å²) in [5.41, 5.74) is 1.72. The first-order valence-corrected chi connectivity index (χ1v) is 12.4. The SMILES string of the molecule is CNC(=O)c1ccc(N(C)c2ncc3c(n2)N(C2CCCC2)CC2(CCC2)C(=O)N3C)c(OC)c1. The van der Waals surface area contributed by atoms with Gasteiger partial charge in [0.15, 0.2) is 5.82 Å². The van der Waals surface area contributed by atoms with Crippen molar-refractivity contribution >= 4 is 35.0 Å². The number of aromatic nitrogens is 2. The van der Waals surface area contributed by atoms with Gasteiger partial charge >= 0.3 is 0 Å². The van der Waals surface area contributed by atoms with E-state index in [1.165, 1.54) is 12.8 Å². The molecule has 5 rings (SSSR count). The minimum Gasteiger partial charge on any atom is -0.495 e. The Morgan fingerprint density at radius 3 is 2.60 bits per heavy atom. The maximum atomic E-state index is 13.5. The van der Waals surface area contributed by atoms with Crippen LogP contribution in [0.2, 0.25) is 0 Å². The van der Waals surface area contributed by atoms with E-state index in [1.807, 2.05) is 25.1 Å². The third kappa shape index (κ3) is 3.86. The number of amides is 2. The molecule has 2 fully saturated rings. The number of rotatable bonds is 5. The molecule has 1 aliphatic heterocycles. The summed E-state index contributed by atoms with van der Waals surface area (Å²) >= 11 is 0. The highest BCUT2D eigenvalue weighted by atomic mass is 16.5. The quantitative estimate of drug-likeness (QED) is 0.703. The van der Waals surface area contributed by atoms with Crippen LogP contribution in [-0.4, -0.2) is 62.6 Å². The van der Waals surface area contributed by atoms with E-state index in [2.05, 4.69) is 15.2 Å². The van der Waals surface area contributed by atoms with Gasteiger partial charge in [0.1, 0.15) is 11.4 Å². The molecule has 9 nitrogen and oxygen atoms in total. The summed E-state index contributed by atoms with van der Waals surface area (Å²) < 4.78 is 5.60. The summed E-state index contributed by atoms with van der Waals surface area (Å²) in [7, 11) is 6.92. The molecule has 0 bridgehead atoms. The molecule has 1 N–H and O–H groups in total. The summed E-state index contributed by atoms with van der Waals surface area (Å²) in [6.45, 7) is 0.720. The molecular formula is C26H34N6O3. The van der Waals surface area contributed by atoms with Crippen LogP contribution in [0.15, 0.2) is 24.4 Å². The van der Waals surface area contributed by atoms with Crippen molar-refractivity contribution in [3.63, 3.8) is 0 Å². The average molecular weight is 479 g/mol. The maximum Gasteiger partial charge on any atom is 0.251 e. The van der Waals surface area contributed by atoms with Gasteiger partial charge in [0.2, 0.25) is 11.9 Å². The zero-order valence-corrected chi connectivity index (χ0v) is 21.0. The Morgan fingerprint density at radius 1 is 1.23 bits per heavy atom. The van der Waals surface area contributed by atoms with E-state index in [0.29, 0.717) is 23.3 Å². The molecule has 186 valence electrons. The Balaban J connectivity index is 1.56. The topological polar surface area (TPSA) is 90.9 Å². The van der Waals surface area contributed by atoms with E-state index in [9.17, 15) is 9.59 Å². The fraction of sp³-hybridized carbons (Fsp3) is 0.538. The minimum absolute atomic E-state index is 0.177. The van der Waals surface area contributed by atoms with Gasteiger partial charge in [0, 0.05) is 39.3 Å². The molecule has 0 unspecified atom stereocenters. The van der Waals surface area contributed by atoms with Crippen LogP contribution in [0.4, 0.5) is 23.1 Å². The third-order valence-electron chi connectivity index (χ3n) is 8.01. The number of carbonyl (C=O) groups excluding carboxylic acids is 2.